The second-order valence-electron chi connectivity index (χ2n) is 9.17. The van der Waals surface area contributed by atoms with Gasteiger partial charge in [-0.2, -0.15) is 0 Å². The molecule has 9 heteroatoms. The van der Waals surface area contributed by atoms with Crippen LogP contribution in [0.1, 0.15) is 57.6 Å². The molecular weight excluding hydrogens is 490 g/mol. The lowest BCUT2D eigenvalue weighted by Gasteiger charge is -2.29. The molecule has 0 radical (unpaired) electrons. The number of unbranched alkanes of at least 4 members (excludes halogenated alkanes) is 1. The molecule has 1 unspecified atom stereocenters. The molecule has 2 aromatic carbocycles. The lowest BCUT2D eigenvalue weighted by molar-refractivity contribution is -0.140. The Hall–Kier alpha value is -3.07. The predicted octanol–water partition coefficient (Wildman–Crippen LogP) is 4.27. The van der Waals surface area contributed by atoms with Gasteiger partial charge in [-0.1, -0.05) is 55.3 Å². The number of rotatable bonds is 15. The monoisotopic (exact) mass is 531 g/mol. The van der Waals surface area contributed by atoms with Crippen molar-refractivity contribution in [3.63, 3.8) is 0 Å². The van der Waals surface area contributed by atoms with E-state index in [1.54, 1.807) is 36.1 Å². The Labute approximate surface area is 222 Å². The van der Waals surface area contributed by atoms with Gasteiger partial charge in [-0.15, -0.1) is 0 Å². The van der Waals surface area contributed by atoms with Gasteiger partial charge in [-0.25, -0.2) is 8.42 Å². The summed E-state index contributed by atoms with van der Waals surface area (Å²) in [5.41, 5.74) is 2.45. The van der Waals surface area contributed by atoms with E-state index in [-0.39, 0.29) is 24.8 Å². The van der Waals surface area contributed by atoms with E-state index in [4.69, 9.17) is 4.74 Å². The molecule has 0 aliphatic carbocycles. The van der Waals surface area contributed by atoms with E-state index in [1.165, 1.54) is 4.31 Å². The molecule has 8 nitrogen and oxygen atoms in total. The molecule has 37 heavy (non-hydrogen) atoms. The molecular formula is C28H41N3O5S. The van der Waals surface area contributed by atoms with Crippen LogP contribution in [-0.2, 0) is 26.2 Å². The van der Waals surface area contributed by atoms with Crippen LogP contribution < -0.4 is 14.4 Å². The molecule has 2 rings (SSSR count). The zero-order valence-electron chi connectivity index (χ0n) is 22.7. The normalized spacial score (nSPS) is 12.0. The summed E-state index contributed by atoms with van der Waals surface area (Å²) in [4.78, 5) is 27.8. The van der Waals surface area contributed by atoms with E-state index in [1.807, 2.05) is 38.1 Å². The number of aryl methyl sites for hydroxylation is 1. The van der Waals surface area contributed by atoms with Gasteiger partial charge in [0.25, 0.3) is 0 Å². The van der Waals surface area contributed by atoms with Crippen LogP contribution in [-0.4, -0.2) is 57.1 Å². The minimum absolute atomic E-state index is 0.0984. The first kappa shape index (κ1) is 30.2. The van der Waals surface area contributed by atoms with Gasteiger partial charge in [-0.05, 0) is 51.3 Å². The molecule has 0 aliphatic heterocycles. The van der Waals surface area contributed by atoms with E-state index in [9.17, 15) is 18.0 Å². The SMILES string of the molecule is CCCCNC(=O)C(C)N(Cc1cccc(C)c1)C(=O)CCCN(c1ccccc1OCC)S(C)(=O)=O. The van der Waals surface area contributed by atoms with Gasteiger partial charge in [-0.3, -0.25) is 13.9 Å². The second kappa shape index (κ2) is 14.6. The molecule has 0 saturated heterocycles. The maximum atomic E-state index is 13.4. The molecule has 1 N–H and O–H groups in total. The van der Waals surface area contributed by atoms with Crippen LogP contribution in [0.2, 0.25) is 0 Å². The van der Waals surface area contributed by atoms with E-state index in [0.717, 1.165) is 30.2 Å². The summed E-state index contributed by atoms with van der Waals surface area (Å²) in [6.07, 6.45) is 3.37. The molecule has 0 aromatic heterocycles. The van der Waals surface area contributed by atoms with E-state index >= 15 is 0 Å². The highest BCUT2D eigenvalue weighted by Gasteiger charge is 2.27. The predicted molar refractivity (Wildman–Crippen MR) is 148 cm³/mol. The van der Waals surface area contributed by atoms with Gasteiger partial charge in [0.1, 0.15) is 11.8 Å². The van der Waals surface area contributed by atoms with Gasteiger partial charge in [0.15, 0.2) is 0 Å². The van der Waals surface area contributed by atoms with Gasteiger partial charge in [0.2, 0.25) is 21.8 Å². The number of carbonyl (C=O) groups excluding carboxylic acids is 2. The highest BCUT2D eigenvalue weighted by Crippen LogP contribution is 2.30. The first-order chi connectivity index (χ1) is 17.6. The fourth-order valence-corrected chi connectivity index (χ4v) is 5.02. The van der Waals surface area contributed by atoms with E-state index in [0.29, 0.717) is 37.6 Å². The summed E-state index contributed by atoms with van der Waals surface area (Å²) in [5, 5.41) is 2.92. The fraction of sp³-hybridized carbons (Fsp3) is 0.500. The third-order valence-corrected chi connectivity index (χ3v) is 7.20. The summed E-state index contributed by atoms with van der Waals surface area (Å²) in [6.45, 7) is 8.98. The van der Waals surface area contributed by atoms with Crippen LogP contribution in [0.4, 0.5) is 5.69 Å². The number of ether oxygens (including phenoxy) is 1. The van der Waals surface area contributed by atoms with Crippen molar-refractivity contribution in [1.82, 2.24) is 10.2 Å². The average molecular weight is 532 g/mol. The van der Waals surface area contributed by atoms with Crippen molar-refractivity contribution in [2.75, 3.05) is 30.3 Å². The molecule has 0 aliphatic rings. The number of sulfonamides is 1. The standard InChI is InChI=1S/C28H41N3O5S/c1-6-8-18-29-28(33)23(4)30(21-24-14-11-13-22(3)20-24)27(32)17-12-19-31(37(5,34)35)25-15-9-10-16-26(25)36-7-2/h9-11,13-16,20,23H,6-8,12,17-19,21H2,1-5H3,(H,29,33). The van der Waals surface area contributed by atoms with Gasteiger partial charge >= 0.3 is 0 Å². The zero-order valence-corrected chi connectivity index (χ0v) is 23.5. The van der Waals surface area contributed by atoms with Crippen molar-refractivity contribution in [2.24, 2.45) is 0 Å². The largest absolute Gasteiger partial charge is 0.492 e. The van der Waals surface area contributed by atoms with Crippen molar-refractivity contribution in [2.45, 2.75) is 66.0 Å². The number of nitrogens with zero attached hydrogens (tertiary/aromatic N) is 2. The first-order valence-corrected chi connectivity index (χ1v) is 14.8. The molecule has 0 spiro atoms. The van der Waals surface area contributed by atoms with Crippen LogP contribution in [0.15, 0.2) is 48.5 Å². The molecule has 2 aromatic rings. The van der Waals surface area contributed by atoms with Crippen molar-refractivity contribution < 1.29 is 22.7 Å². The number of benzene rings is 2. The molecule has 204 valence electrons. The molecule has 0 fully saturated rings. The molecule has 0 heterocycles. The maximum absolute atomic E-state index is 13.4. The first-order valence-electron chi connectivity index (χ1n) is 12.9. The van der Waals surface area contributed by atoms with Crippen molar-refractivity contribution >= 4 is 27.5 Å². The number of anilines is 1. The summed E-state index contributed by atoms with van der Waals surface area (Å²) in [6, 6.07) is 14.1. The molecule has 0 saturated carbocycles. The van der Waals surface area contributed by atoms with E-state index < -0.39 is 16.1 Å². The number of amides is 2. The zero-order chi connectivity index (χ0) is 27.4. The third-order valence-electron chi connectivity index (χ3n) is 6.02. The maximum Gasteiger partial charge on any atom is 0.242 e. The van der Waals surface area contributed by atoms with Gasteiger partial charge in [0, 0.05) is 26.1 Å². The Morgan fingerprint density at radius 2 is 1.78 bits per heavy atom. The summed E-state index contributed by atoms with van der Waals surface area (Å²) >= 11 is 0. The second-order valence-corrected chi connectivity index (χ2v) is 11.1. The number of hydrogen-bond acceptors (Lipinski definition) is 5. The van der Waals surface area contributed by atoms with Crippen molar-refractivity contribution in [3.05, 3.63) is 59.7 Å². The fourth-order valence-electron chi connectivity index (χ4n) is 4.05. The highest BCUT2D eigenvalue weighted by molar-refractivity contribution is 7.92. The summed E-state index contributed by atoms with van der Waals surface area (Å²) < 4.78 is 32.1. The van der Waals surface area contributed by atoms with Crippen molar-refractivity contribution in [1.29, 1.82) is 0 Å². The quantitative estimate of drug-likeness (QED) is 0.346. The number of hydrogen-bond donors (Lipinski definition) is 1. The lowest BCUT2D eigenvalue weighted by Crippen LogP contribution is -2.48. The number of carbonyl (C=O) groups is 2. The minimum Gasteiger partial charge on any atom is -0.492 e. The van der Waals surface area contributed by atoms with Gasteiger partial charge < -0.3 is 15.0 Å². The molecule has 1 atom stereocenters. The smallest absolute Gasteiger partial charge is 0.242 e. The summed E-state index contributed by atoms with van der Waals surface area (Å²) in [7, 11) is -3.61. The number of para-hydroxylation sites is 2. The Morgan fingerprint density at radius 3 is 2.43 bits per heavy atom. The van der Waals surface area contributed by atoms with Crippen LogP contribution >= 0.6 is 0 Å². The lowest BCUT2D eigenvalue weighted by atomic mass is 10.1. The van der Waals surface area contributed by atoms with Crippen molar-refractivity contribution in [3.8, 4) is 5.75 Å². The van der Waals surface area contributed by atoms with Gasteiger partial charge in [0.05, 0.1) is 18.6 Å². The highest BCUT2D eigenvalue weighted by atomic mass is 32.2. The van der Waals surface area contributed by atoms with E-state index in [2.05, 4.69) is 12.2 Å². The minimum atomic E-state index is -3.61. The molecule has 2 amide bonds. The average Bonchev–Trinajstić information content (AvgIpc) is 2.85. The topological polar surface area (TPSA) is 96.0 Å². The number of nitrogens with one attached hydrogen (secondary N) is 1. The molecule has 0 bridgehead atoms. The summed E-state index contributed by atoms with van der Waals surface area (Å²) in [5.74, 6) is 0.0734. The Balaban J connectivity index is 2.18. The Kier molecular flexibility index (Phi) is 11.9. The van der Waals surface area contributed by atoms with Crippen LogP contribution in [0.5, 0.6) is 5.75 Å². The van der Waals surface area contributed by atoms with Crippen LogP contribution in [0.3, 0.4) is 0 Å². The van der Waals surface area contributed by atoms with Crippen LogP contribution in [0, 0.1) is 6.92 Å². The third kappa shape index (κ3) is 9.39. The Morgan fingerprint density at radius 1 is 1.05 bits per heavy atom. The van der Waals surface area contributed by atoms with Crippen LogP contribution in [0.25, 0.3) is 0 Å². The Bertz CT molecular complexity index is 1140.